The molecule has 2 rings (SSSR count). The van der Waals surface area contributed by atoms with Crippen LogP contribution in [-0.2, 0) is 0 Å². The summed E-state index contributed by atoms with van der Waals surface area (Å²) in [5.74, 6) is 0.670. The van der Waals surface area contributed by atoms with Gasteiger partial charge in [-0.2, -0.15) is 0 Å². The Bertz CT molecular complexity index is 390. The third kappa shape index (κ3) is 3.53. The summed E-state index contributed by atoms with van der Waals surface area (Å²) in [6.45, 7) is 6.63. The van der Waals surface area contributed by atoms with Gasteiger partial charge in [0.2, 0.25) is 0 Å². The minimum atomic E-state index is 0.486. The van der Waals surface area contributed by atoms with Gasteiger partial charge in [0.25, 0.3) is 0 Å². The van der Waals surface area contributed by atoms with Crippen LogP contribution in [0.1, 0.15) is 38.3 Å². The molecule has 3 atom stereocenters. The molecule has 1 aliphatic rings. The lowest BCUT2D eigenvalue weighted by Gasteiger charge is -2.41. The average Bonchev–Trinajstić information content (AvgIpc) is 2.47. The molecule has 1 aliphatic heterocycles. The molecule has 1 aromatic rings. The van der Waals surface area contributed by atoms with Gasteiger partial charge in [0.05, 0.1) is 0 Å². The number of piperidine rings is 1. The van der Waals surface area contributed by atoms with Gasteiger partial charge in [-0.05, 0) is 63.1 Å². The SMILES string of the molecule is CSc1ccc(C(C)N2CC(CN)CCC2C)cc1. The maximum Gasteiger partial charge on any atom is 0.0322 e. The number of hydrogen-bond acceptors (Lipinski definition) is 3. The number of nitrogens with zero attached hydrogens (tertiary/aromatic N) is 1. The molecule has 0 amide bonds. The fraction of sp³-hybridized carbons (Fsp3) is 0.625. The van der Waals surface area contributed by atoms with Gasteiger partial charge >= 0.3 is 0 Å². The van der Waals surface area contributed by atoms with Gasteiger partial charge in [-0.15, -0.1) is 11.8 Å². The zero-order valence-corrected chi connectivity index (χ0v) is 13.1. The summed E-state index contributed by atoms with van der Waals surface area (Å²) in [6.07, 6.45) is 4.68. The van der Waals surface area contributed by atoms with Crippen molar-refractivity contribution in [1.82, 2.24) is 4.90 Å². The summed E-state index contributed by atoms with van der Waals surface area (Å²) < 4.78 is 0. The molecule has 3 unspecified atom stereocenters. The molecule has 1 saturated heterocycles. The standard InChI is InChI=1S/C16H26N2S/c1-12-4-5-14(10-17)11-18(12)13(2)15-6-8-16(19-3)9-7-15/h6-9,12-14H,4-5,10-11,17H2,1-3H3. The molecule has 0 radical (unpaired) electrons. The summed E-state index contributed by atoms with van der Waals surface area (Å²) >= 11 is 1.80. The van der Waals surface area contributed by atoms with E-state index in [4.69, 9.17) is 5.73 Å². The van der Waals surface area contributed by atoms with E-state index in [1.807, 2.05) is 0 Å². The van der Waals surface area contributed by atoms with Crippen LogP contribution >= 0.6 is 11.8 Å². The van der Waals surface area contributed by atoms with Crippen molar-refractivity contribution in [1.29, 1.82) is 0 Å². The predicted octanol–water partition coefficient (Wildman–Crippen LogP) is 3.53. The van der Waals surface area contributed by atoms with E-state index in [2.05, 4.69) is 49.3 Å². The molecular weight excluding hydrogens is 252 g/mol. The second kappa shape index (κ2) is 6.78. The van der Waals surface area contributed by atoms with E-state index in [9.17, 15) is 0 Å². The maximum absolute atomic E-state index is 5.86. The van der Waals surface area contributed by atoms with Gasteiger partial charge in [-0.25, -0.2) is 0 Å². The van der Waals surface area contributed by atoms with Crippen LogP contribution in [0.4, 0.5) is 0 Å². The first-order valence-corrected chi connectivity index (χ1v) is 8.48. The van der Waals surface area contributed by atoms with Crippen LogP contribution in [0.2, 0.25) is 0 Å². The third-order valence-corrected chi connectivity index (χ3v) is 5.20. The van der Waals surface area contributed by atoms with Crippen molar-refractivity contribution in [2.45, 2.75) is 43.7 Å². The van der Waals surface area contributed by atoms with Crippen LogP contribution < -0.4 is 5.73 Å². The van der Waals surface area contributed by atoms with Gasteiger partial charge in [0.1, 0.15) is 0 Å². The molecule has 2 nitrogen and oxygen atoms in total. The molecule has 0 spiro atoms. The van der Waals surface area contributed by atoms with Crippen LogP contribution in [0, 0.1) is 5.92 Å². The van der Waals surface area contributed by atoms with Crippen LogP contribution in [-0.4, -0.2) is 30.3 Å². The average molecular weight is 278 g/mol. The summed E-state index contributed by atoms with van der Waals surface area (Å²) in [5.41, 5.74) is 7.28. The lowest BCUT2D eigenvalue weighted by atomic mass is 9.91. The fourth-order valence-corrected chi connectivity index (χ4v) is 3.43. The number of likely N-dealkylation sites (tertiary alicyclic amines) is 1. The first-order valence-electron chi connectivity index (χ1n) is 7.25. The van der Waals surface area contributed by atoms with Gasteiger partial charge in [-0.1, -0.05) is 12.1 Å². The topological polar surface area (TPSA) is 29.3 Å². The van der Waals surface area contributed by atoms with E-state index in [0.29, 0.717) is 18.0 Å². The van der Waals surface area contributed by atoms with Crippen molar-refractivity contribution in [2.75, 3.05) is 19.3 Å². The van der Waals surface area contributed by atoms with Gasteiger partial charge in [0.15, 0.2) is 0 Å². The Labute approximate surface area is 121 Å². The van der Waals surface area contributed by atoms with Gasteiger partial charge in [0, 0.05) is 23.5 Å². The highest BCUT2D eigenvalue weighted by Gasteiger charge is 2.28. The first-order chi connectivity index (χ1) is 9.15. The Hall–Kier alpha value is -0.510. The highest BCUT2D eigenvalue weighted by Crippen LogP contribution is 2.31. The molecule has 0 bridgehead atoms. The van der Waals surface area contributed by atoms with Crippen LogP contribution in [0.25, 0.3) is 0 Å². The smallest absolute Gasteiger partial charge is 0.0322 e. The molecule has 1 aromatic carbocycles. The quantitative estimate of drug-likeness (QED) is 0.854. The highest BCUT2D eigenvalue weighted by atomic mass is 32.2. The number of hydrogen-bond donors (Lipinski definition) is 1. The second-order valence-electron chi connectivity index (χ2n) is 5.67. The molecule has 0 aliphatic carbocycles. The van der Waals surface area contributed by atoms with E-state index in [-0.39, 0.29) is 0 Å². The summed E-state index contributed by atoms with van der Waals surface area (Å²) in [6, 6.07) is 10.2. The molecule has 3 heteroatoms. The zero-order chi connectivity index (χ0) is 13.8. The van der Waals surface area contributed by atoms with Gasteiger partial charge < -0.3 is 5.73 Å². The Morgan fingerprint density at radius 3 is 2.58 bits per heavy atom. The second-order valence-corrected chi connectivity index (χ2v) is 6.55. The van der Waals surface area contributed by atoms with Crippen molar-refractivity contribution in [2.24, 2.45) is 11.7 Å². The molecule has 2 N–H and O–H groups in total. The molecule has 1 heterocycles. The van der Waals surface area contributed by atoms with E-state index >= 15 is 0 Å². The molecule has 0 aromatic heterocycles. The van der Waals surface area contributed by atoms with Crippen LogP contribution in [0.3, 0.4) is 0 Å². The van der Waals surface area contributed by atoms with Crippen LogP contribution in [0.15, 0.2) is 29.2 Å². The minimum Gasteiger partial charge on any atom is -0.330 e. The minimum absolute atomic E-state index is 0.486. The molecular formula is C16H26N2S. The Balaban J connectivity index is 2.09. The Kier molecular flexibility index (Phi) is 5.31. The third-order valence-electron chi connectivity index (χ3n) is 4.46. The summed E-state index contributed by atoms with van der Waals surface area (Å²) in [4.78, 5) is 3.96. The van der Waals surface area contributed by atoms with E-state index < -0.39 is 0 Å². The molecule has 19 heavy (non-hydrogen) atoms. The number of benzene rings is 1. The van der Waals surface area contributed by atoms with E-state index in [1.165, 1.54) is 23.3 Å². The fourth-order valence-electron chi connectivity index (χ4n) is 3.02. The molecule has 106 valence electrons. The molecule has 0 saturated carbocycles. The van der Waals surface area contributed by atoms with Gasteiger partial charge in [-0.3, -0.25) is 4.90 Å². The number of thioether (sulfide) groups is 1. The van der Waals surface area contributed by atoms with E-state index in [0.717, 1.165) is 13.1 Å². The number of rotatable bonds is 4. The van der Waals surface area contributed by atoms with Crippen molar-refractivity contribution in [3.63, 3.8) is 0 Å². The maximum atomic E-state index is 5.86. The number of nitrogens with two attached hydrogens (primary N) is 1. The van der Waals surface area contributed by atoms with E-state index in [1.54, 1.807) is 11.8 Å². The monoisotopic (exact) mass is 278 g/mol. The van der Waals surface area contributed by atoms with Crippen molar-refractivity contribution in [3.05, 3.63) is 29.8 Å². The van der Waals surface area contributed by atoms with Crippen molar-refractivity contribution in [3.8, 4) is 0 Å². The normalized spacial score (nSPS) is 26.3. The van der Waals surface area contributed by atoms with Crippen molar-refractivity contribution >= 4 is 11.8 Å². The first kappa shape index (κ1) is 14.9. The van der Waals surface area contributed by atoms with Crippen LogP contribution in [0.5, 0.6) is 0 Å². The Morgan fingerprint density at radius 2 is 2.00 bits per heavy atom. The predicted molar refractivity (Wildman–Crippen MR) is 84.6 cm³/mol. The van der Waals surface area contributed by atoms with Crippen molar-refractivity contribution < 1.29 is 0 Å². The summed E-state index contributed by atoms with van der Waals surface area (Å²) in [7, 11) is 0. The lowest BCUT2D eigenvalue weighted by molar-refractivity contribution is 0.0812. The summed E-state index contributed by atoms with van der Waals surface area (Å²) in [5, 5.41) is 0. The largest absolute Gasteiger partial charge is 0.330 e. The zero-order valence-electron chi connectivity index (χ0n) is 12.3. The lowest BCUT2D eigenvalue weighted by Crippen LogP contribution is -2.44. The highest BCUT2D eigenvalue weighted by molar-refractivity contribution is 7.98. The molecule has 1 fully saturated rings. The Morgan fingerprint density at radius 1 is 1.32 bits per heavy atom.